The van der Waals surface area contributed by atoms with Crippen LogP contribution < -0.4 is 0 Å². The quantitative estimate of drug-likeness (QED) is 0.812. The Labute approximate surface area is 145 Å². The van der Waals surface area contributed by atoms with Gasteiger partial charge < -0.3 is 19.0 Å². The maximum Gasteiger partial charge on any atom is 0.289 e. The Morgan fingerprint density at radius 2 is 2.21 bits per heavy atom. The predicted molar refractivity (Wildman–Crippen MR) is 91.9 cm³/mol. The number of carbonyl (C=O) groups is 1. The third kappa shape index (κ3) is 3.84. The number of likely N-dealkylation sites (N-methyl/N-ethyl adjacent to an activating group) is 1. The SMILES string of the molecule is CN(CC1(O)CCCC1)C(=O)c1ccc(CSc2nccn2C)o1. The van der Waals surface area contributed by atoms with E-state index in [1.54, 1.807) is 36.0 Å². The smallest absolute Gasteiger partial charge is 0.289 e. The third-order valence-electron chi connectivity index (χ3n) is 4.41. The number of carbonyl (C=O) groups excluding carboxylic acids is 1. The summed E-state index contributed by atoms with van der Waals surface area (Å²) >= 11 is 1.56. The fraction of sp³-hybridized carbons (Fsp3) is 0.529. The van der Waals surface area contributed by atoms with Gasteiger partial charge in [0.15, 0.2) is 10.9 Å². The number of aryl methyl sites for hydroxylation is 1. The molecule has 1 amide bonds. The molecule has 1 saturated carbocycles. The first-order valence-corrected chi connectivity index (χ1v) is 9.12. The molecule has 130 valence electrons. The van der Waals surface area contributed by atoms with E-state index in [9.17, 15) is 9.90 Å². The van der Waals surface area contributed by atoms with E-state index in [4.69, 9.17) is 4.42 Å². The van der Waals surface area contributed by atoms with E-state index in [1.165, 1.54) is 0 Å². The zero-order valence-electron chi connectivity index (χ0n) is 14.1. The normalized spacial score (nSPS) is 16.5. The lowest BCUT2D eigenvalue weighted by Crippen LogP contribution is -2.41. The molecule has 1 aliphatic rings. The molecule has 7 heteroatoms. The van der Waals surface area contributed by atoms with Crippen molar-refractivity contribution in [2.45, 2.75) is 42.2 Å². The van der Waals surface area contributed by atoms with Crippen molar-refractivity contribution in [2.24, 2.45) is 7.05 Å². The van der Waals surface area contributed by atoms with Crippen LogP contribution in [0.2, 0.25) is 0 Å². The van der Waals surface area contributed by atoms with Gasteiger partial charge in [-0.25, -0.2) is 4.98 Å². The van der Waals surface area contributed by atoms with Gasteiger partial charge in [0.25, 0.3) is 5.91 Å². The molecule has 1 N–H and O–H groups in total. The largest absolute Gasteiger partial charge is 0.455 e. The molecule has 2 aromatic heterocycles. The van der Waals surface area contributed by atoms with Gasteiger partial charge in [-0.05, 0) is 25.0 Å². The van der Waals surface area contributed by atoms with Gasteiger partial charge in [0, 0.05) is 33.0 Å². The number of imidazole rings is 1. The maximum atomic E-state index is 12.5. The molecule has 0 unspecified atom stereocenters. The highest BCUT2D eigenvalue weighted by Crippen LogP contribution is 2.30. The van der Waals surface area contributed by atoms with Crippen LogP contribution in [-0.2, 0) is 12.8 Å². The van der Waals surface area contributed by atoms with Crippen LogP contribution in [0.4, 0.5) is 0 Å². The minimum absolute atomic E-state index is 0.191. The number of aliphatic hydroxyl groups is 1. The molecular formula is C17H23N3O3S. The second kappa shape index (κ2) is 7.03. The van der Waals surface area contributed by atoms with Gasteiger partial charge in [0.2, 0.25) is 0 Å². The highest BCUT2D eigenvalue weighted by Gasteiger charge is 2.34. The Kier molecular flexibility index (Phi) is 5.01. The van der Waals surface area contributed by atoms with Gasteiger partial charge in [-0.15, -0.1) is 0 Å². The highest BCUT2D eigenvalue weighted by molar-refractivity contribution is 7.98. The van der Waals surface area contributed by atoms with Crippen molar-refractivity contribution in [2.75, 3.05) is 13.6 Å². The average molecular weight is 349 g/mol. The van der Waals surface area contributed by atoms with E-state index in [2.05, 4.69) is 4.98 Å². The summed E-state index contributed by atoms with van der Waals surface area (Å²) in [5, 5.41) is 11.3. The van der Waals surface area contributed by atoms with Crippen molar-refractivity contribution in [1.82, 2.24) is 14.5 Å². The summed E-state index contributed by atoms with van der Waals surface area (Å²) in [7, 11) is 3.65. The Balaban J connectivity index is 1.57. The number of nitrogens with zero attached hydrogens (tertiary/aromatic N) is 3. The molecule has 0 radical (unpaired) electrons. The number of rotatable bonds is 6. The first kappa shape index (κ1) is 17.1. The summed E-state index contributed by atoms with van der Waals surface area (Å²) < 4.78 is 7.61. The van der Waals surface area contributed by atoms with E-state index in [1.807, 2.05) is 23.9 Å². The second-order valence-corrected chi connectivity index (χ2v) is 7.41. The summed E-state index contributed by atoms with van der Waals surface area (Å²) in [6, 6.07) is 3.52. The van der Waals surface area contributed by atoms with Crippen LogP contribution in [0, 0.1) is 0 Å². The van der Waals surface area contributed by atoms with Crippen LogP contribution in [0.3, 0.4) is 0 Å². The molecule has 24 heavy (non-hydrogen) atoms. The molecule has 1 fully saturated rings. The van der Waals surface area contributed by atoms with Crippen LogP contribution in [-0.4, -0.2) is 44.7 Å². The molecule has 1 aliphatic carbocycles. The van der Waals surface area contributed by atoms with Crippen molar-refractivity contribution in [3.05, 3.63) is 36.0 Å². The number of aromatic nitrogens is 2. The van der Waals surface area contributed by atoms with Crippen LogP contribution >= 0.6 is 11.8 Å². The minimum Gasteiger partial charge on any atom is -0.455 e. The number of amides is 1. The van der Waals surface area contributed by atoms with Gasteiger partial charge in [-0.1, -0.05) is 24.6 Å². The van der Waals surface area contributed by atoms with E-state index >= 15 is 0 Å². The van der Waals surface area contributed by atoms with Crippen LogP contribution in [0.5, 0.6) is 0 Å². The standard InChI is InChI=1S/C17H23N3O3S/c1-19-10-9-18-16(19)24-11-13-5-6-14(23-13)15(21)20(2)12-17(22)7-3-4-8-17/h5-6,9-10,22H,3-4,7-8,11-12H2,1-2H3. The highest BCUT2D eigenvalue weighted by atomic mass is 32.2. The lowest BCUT2D eigenvalue weighted by atomic mass is 10.0. The second-order valence-electron chi connectivity index (χ2n) is 6.47. The van der Waals surface area contributed by atoms with Gasteiger partial charge >= 0.3 is 0 Å². The fourth-order valence-electron chi connectivity index (χ4n) is 3.09. The lowest BCUT2D eigenvalue weighted by Gasteiger charge is -2.28. The number of hydrogen-bond acceptors (Lipinski definition) is 5. The molecule has 0 bridgehead atoms. The van der Waals surface area contributed by atoms with Crippen molar-refractivity contribution in [1.29, 1.82) is 0 Å². The monoisotopic (exact) mass is 349 g/mol. The summed E-state index contributed by atoms with van der Waals surface area (Å²) in [6.45, 7) is 0.351. The van der Waals surface area contributed by atoms with E-state index in [-0.39, 0.29) is 5.91 Å². The third-order valence-corrected chi connectivity index (χ3v) is 5.49. The topological polar surface area (TPSA) is 71.5 Å². The number of thioether (sulfide) groups is 1. The summed E-state index contributed by atoms with van der Waals surface area (Å²) in [5.74, 6) is 1.48. The van der Waals surface area contributed by atoms with Crippen molar-refractivity contribution in [3.8, 4) is 0 Å². The van der Waals surface area contributed by atoms with Gasteiger partial charge in [0.1, 0.15) is 5.76 Å². The molecule has 0 atom stereocenters. The predicted octanol–water partition coefficient (Wildman–Crippen LogP) is 2.68. The van der Waals surface area contributed by atoms with Crippen molar-refractivity contribution >= 4 is 17.7 Å². The Morgan fingerprint density at radius 1 is 1.46 bits per heavy atom. The Bertz CT molecular complexity index is 704. The minimum atomic E-state index is -0.742. The van der Waals surface area contributed by atoms with Crippen LogP contribution in [0.25, 0.3) is 0 Å². The molecule has 6 nitrogen and oxygen atoms in total. The zero-order valence-corrected chi connectivity index (χ0v) is 14.9. The molecule has 2 heterocycles. The first-order chi connectivity index (χ1) is 11.5. The fourth-order valence-corrected chi connectivity index (χ4v) is 3.92. The Morgan fingerprint density at radius 3 is 2.88 bits per heavy atom. The van der Waals surface area contributed by atoms with Gasteiger partial charge in [0.05, 0.1) is 11.4 Å². The zero-order chi connectivity index (χ0) is 17.2. The lowest BCUT2D eigenvalue weighted by molar-refractivity contribution is 0.0146. The Hall–Kier alpha value is -1.73. The molecule has 0 aromatic carbocycles. The molecule has 0 aliphatic heterocycles. The van der Waals surface area contributed by atoms with E-state index < -0.39 is 5.60 Å². The van der Waals surface area contributed by atoms with Crippen molar-refractivity contribution < 1.29 is 14.3 Å². The summed E-state index contributed by atoms with van der Waals surface area (Å²) in [5.41, 5.74) is -0.742. The van der Waals surface area contributed by atoms with E-state index in [0.29, 0.717) is 18.1 Å². The van der Waals surface area contributed by atoms with Crippen LogP contribution in [0.15, 0.2) is 34.1 Å². The van der Waals surface area contributed by atoms with E-state index in [0.717, 1.165) is 36.6 Å². The van der Waals surface area contributed by atoms with Gasteiger partial charge in [-0.2, -0.15) is 0 Å². The first-order valence-electron chi connectivity index (χ1n) is 8.13. The molecule has 0 spiro atoms. The van der Waals surface area contributed by atoms with Crippen molar-refractivity contribution in [3.63, 3.8) is 0 Å². The number of furan rings is 1. The average Bonchev–Trinajstić information content (AvgIpc) is 3.26. The molecule has 3 rings (SSSR count). The van der Waals surface area contributed by atoms with Gasteiger partial charge in [-0.3, -0.25) is 4.79 Å². The summed E-state index contributed by atoms with van der Waals surface area (Å²) in [6.07, 6.45) is 7.20. The molecule has 2 aromatic rings. The number of hydrogen-bond donors (Lipinski definition) is 1. The summed E-state index contributed by atoms with van der Waals surface area (Å²) in [4.78, 5) is 18.3. The molecule has 0 saturated heterocycles. The molecular weight excluding hydrogens is 326 g/mol. The van der Waals surface area contributed by atoms with Crippen LogP contribution in [0.1, 0.15) is 42.0 Å². The maximum absolute atomic E-state index is 12.5.